The summed E-state index contributed by atoms with van der Waals surface area (Å²) in [5.74, 6) is 2.71. The van der Waals surface area contributed by atoms with E-state index in [2.05, 4.69) is 87.7 Å². The van der Waals surface area contributed by atoms with Crippen LogP contribution in [0.25, 0.3) is 44.2 Å². The topological polar surface area (TPSA) is 207 Å². The molecule has 3 aliphatic rings. The average molecular weight is 901 g/mol. The number of methoxy groups -OCH3 is 3. The minimum absolute atomic E-state index is 0.0413. The van der Waals surface area contributed by atoms with Crippen LogP contribution in [-0.4, -0.2) is 94.8 Å². The highest BCUT2D eigenvalue weighted by Gasteiger charge is 2.39. The lowest BCUT2D eigenvalue weighted by atomic mass is 9.92. The number of hydrogen-bond donors (Lipinski definition) is 4. The number of likely N-dealkylation sites (tertiary alicyclic amines) is 2. The molecule has 6 aromatic rings. The maximum absolute atomic E-state index is 14.1. The molecule has 4 aromatic carbocycles. The quantitative estimate of drug-likeness (QED) is 0.108. The predicted molar refractivity (Wildman–Crippen MR) is 251 cm³/mol. The summed E-state index contributed by atoms with van der Waals surface area (Å²) in [6.07, 6.45) is 5.46. The number of H-pyrrole nitrogens is 2. The molecule has 2 aromatic heterocycles. The Hall–Kier alpha value is -6.94. The molecule has 0 spiro atoms. The molecule has 4 amide bonds. The number of carbonyl (C=O) groups is 4. The molecule has 5 heterocycles. The standard InChI is InChI=1S/C46H49N7O5.C2H5NO2.C2H6O/c1-5-26(2)20-40(54)53-27(3)13-18-38(53)43-47-24-36(49-43)30-14-16-32-31(21-30)25-58-39-23-33-29(22-34(32)39)15-17-35-42(33)50-44(48-35)37-12-9-19-52(37)45(55)41(51-46(56)57-4)28-10-7-6-8-11-28;1-5-2(3)4;1-3-2/h6-8,10-11,14-17,21-24,26-27,37-38,41H,5,9,12-13,18-20,25H2,1-4H3,(H,47,49)(H,48,50)(H,51,56);1H3,(H2,3,4);1-2H3/t26?,27-,37?,38?,41?;;/m0../s1. The minimum Gasteiger partial charge on any atom is -0.488 e. The molecule has 348 valence electrons. The van der Waals surface area contributed by atoms with Gasteiger partial charge in [0.2, 0.25) is 5.91 Å². The summed E-state index contributed by atoms with van der Waals surface area (Å²) in [7, 11) is 5.77. The van der Waals surface area contributed by atoms with Gasteiger partial charge in [-0.05, 0) is 90.4 Å². The number of benzene rings is 4. The van der Waals surface area contributed by atoms with Crippen LogP contribution < -0.4 is 15.8 Å². The Morgan fingerprint density at radius 1 is 0.909 bits per heavy atom. The SMILES string of the molecule is CCC(C)CC(=O)N1C(c2ncc(-c3ccc4c(c3)COc3cc5c(ccc6[nH]c(C7CCCN7C(=O)C(NC(=O)OC)c7ccccc7)nc65)cc3-4)[nH]2)CC[C@@H]1C.COC.COC(N)=O. The van der Waals surface area contributed by atoms with E-state index in [0.29, 0.717) is 36.9 Å². The normalized spacial score (nSPS) is 18.1. The molecule has 0 radical (unpaired) electrons. The van der Waals surface area contributed by atoms with Crippen LogP contribution in [0.2, 0.25) is 0 Å². The number of primary amides is 1. The van der Waals surface area contributed by atoms with Crippen molar-refractivity contribution < 1.29 is 38.1 Å². The Bertz CT molecular complexity index is 2680. The number of aromatic amines is 2. The van der Waals surface area contributed by atoms with Crippen LogP contribution in [0.1, 0.15) is 100 Å². The zero-order valence-corrected chi connectivity index (χ0v) is 38.7. The van der Waals surface area contributed by atoms with Crippen LogP contribution in [0.4, 0.5) is 9.59 Å². The van der Waals surface area contributed by atoms with Crippen molar-refractivity contribution in [3.8, 4) is 28.1 Å². The van der Waals surface area contributed by atoms with E-state index in [1.54, 1.807) is 14.2 Å². The Balaban J connectivity index is 0.000000751. The van der Waals surface area contributed by atoms with Gasteiger partial charge in [0, 0.05) is 44.2 Å². The molecule has 0 bridgehead atoms. The van der Waals surface area contributed by atoms with Crippen molar-refractivity contribution in [2.45, 2.75) is 90.1 Å². The van der Waals surface area contributed by atoms with Crippen LogP contribution >= 0.6 is 0 Å². The Morgan fingerprint density at radius 2 is 1.67 bits per heavy atom. The van der Waals surface area contributed by atoms with Crippen molar-refractivity contribution in [2.24, 2.45) is 11.7 Å². The number of imidazole rings is 2. The van der Waals surface area contributed by atoms with Gasteiger partial charge >= 0.3 is 12.2 Å². The first-order valence-corrected chi connectivity index (χ1v) is 22.4. The van der Waals surface area contributed by atoms with Crippen LogP contribution in [0.5, 0.6) is 5.75 Å². The number of amides is 4. The van der Waals surface area contributed by atoms with E-state index in [1.165, 1.54) is 14.2 Å². The summed E-state index contributed by atoms with van der Waals surface area (Å²) in [4.78, 5) is 69.9. The van der Waals surface area contributed by atoms with Gasteiger partial charge in [0.15, 0.2) is 0 Å². The van der Waals surface area contributed by atoms with Crippen LogP contribution in [0.15, 0.2) is 79.0 Å². The van der Waals surface area contributed by atoms with Crippen LogP contribution in [-0.2, 0) is 30.4 Å². The van der Waals surface area contributed by atoms with Gasteiger partial charge in [0.25, 0.3) is 5.91 Å². The first kappa shape index (κ1) is 47.0. The summed E-state index contributed by atoms with van der Waals surface area (Å²) in [5.41, 5.74) is 12.0. The van der Waals surface area contributed by atoms with Gasteiger partial charge in [-0.1, -0.05) is 68.8 Å². The highest BCUT2D eigenvalue weighted by molar-refractivity contribution is 6.07. The second-order valence-electron chi connectivity index (χ2n) is 17.1. The zero-order valence-electron chi connectivity index (χ0n) is 38.7. The van der Waals surface area contributed by atoms with E-state index in [1.807, 2.05) is 52.4 Å². The molecule has 4 unspecified atom stereocenters. The molecule has 5 N–H and O–H groups in total. The fourth-order valence-electron chi connectivity index (χ4n) is 9.09. The number of nitrogens with one attached hydrogen (secondary N) is 3. The summed E-state index contributed by atoms with van der Waals surface area (Å²) >= 11 is 0. The van der Waals surface area contributed by atoms with Crippen molar-refractivity contribution in [2.75, 3.05) is 35.0 Å². The Kier molecular flexibility index (Phi) is 14.9. The van der Waals surface area contributed by atoms with Gasteiger partial charge in [-0.2, -0.15) is 0 Å². The molecule has 9 rings (SSSR count). The van der Waals surface area contributed by atoms with E-state index >= 15 is 0 Å². The fraction of sp³-hybridized carbons (Fsp3) is 0.400. The van der Waals surface area contributed by atoms with Gasteiger partial charge in [0.05, 0.1) is 49.2 Å². The smallest absolute Gasteiger partial charge is 0.407 e. The number of fused-ring (bicyclic) bond motifs is 6. The molecule has 0 aliphatic carbocycles. The summed E-state index contributed by atoms with van der Waals surface area (Å²) in [5, 5.41) is 4.74. The number of aromatic nitrogens is 4. The fourth-order valence-corrected chi connectivity index (χ4v) is 9.09. The summed E-state index contributed by atoms with van der Waals surface area (Å²) in [6.45, 7) is 7.39. The third-order valence-corrected chi connectivity index (χ3v) is 12.6. The third kappa shape index (κ3) is 9.98. The number of alkyl carbamates (subject to hydrolysis) is 1. The monoisotopic (exact) mass is 900 g/mol. The molecule has 2 saturated heterocycles. The van der Waals surface area contributed by atoms with Crippen molar-refractivity contribution in [1.82, 2.24) is 35.1 Å². The first-order valence-electron chi connectivity index (χ1n) is 22.4. The van der Waals surface area contributed by atoms with Crippen LogP contribution in [0, 0.1) is 5.92 Å². The summed E-state index contributed by atoms with van der Waals surface area (Å²) < 4.78 is 19.4. The molecule has 66 heavy (non-hydrogen) atoms. The van der Waals surface area contributed by atoms with Gasteiger partial charge < -0.3 is 49.8 Å². The maximum atomic E-state index is 14.1. The average Bonchev–Trinajstić information content (AvgIpc) is 4.17. The maximum Gasteiger partial charge on any atom is 0.407 e. The Labute approximate surface area is 384 Å². The first-order chi connectivity index (χ1) is 31.9. The molecular formula is C50H60N8O8. The number of carbonyl (C=O) groups excluding carboxylic acids is 4. The zero-order chi connectivity index (χ0) is 47.1. The van der Waals surface area contributed by atoms with Crippen molar-refractivity contribution in [1.29, 1.82) is 0 Å². The molecule has 2 fully saturated rings. The lowest BCUT2D eigenvalue weighted by Crippen LogP contribution is -2.42. The van der Waals surface area contributed by atoms with Crippen LogP contribution in [0.3, 0.4) is 0 Å². The Morgan fingerprint density at radius 3 is 2.38 bits per heavy atom. The molecular weight excluding hydrogens is 841 g/mol. The molecule has 5 atom stereocenters. The van der Waals surface area contributed by atoms with E-state index in [-0.39, 0.29) is 29.9 Å². The van der Waals surface area contributed by atoms with E-state index in [4.69, 9.17) is 19.4 Å². The largest absolute Gasteiger partial charge is 0.488 e. The van der Waals surface area contributed by atoms with Crippen molar-refractivity contribution in [3.63, 3.8) is 0 Å². The van der Waals surface area contributed by atoms with Gasteiger partial charge in [-0.25, -0.2) is 19.6 Å². The van der Waals surface area contributed by atoms with Gasteiger partial charge in [-0.15, -0.1) is 0 Å². The van der Waals surface area contributed by atoms with Gasteiger partial charge in [-0.3, -0.25) is 9.59 Å². The van der Waals surface area contributed by atoms with E-state index in [0.717, 1.165) is 93.4 Å². The lowest BCUT2D eigenvalue weighted by molar-refractivity contribution is -0.135. The number of nitrogens with two attached hydrogens (primary N) is 1. The van der Waals surface area contributed by atoms with Gasteiger partial charge in [0.1, 0.15) is 30.0 Å². The number of hydrogen-bond acceptors (Lipinski definition) is 10. The number of ether oxygens (including phenoxy) is 4. The second-order valence-corrected chi connectivity index (χ2v) is 17.1. The minimum atomic E-state index is -0.887. The molecule has 16 nitrogen and oxygen atoms in total. The molecule has 0 saturated carbocycles. The molecule has 16 heteroatoms. The van der Waals surface area contributed by atoms with Crippen molar-refractivity contribution in [3.05, 3.63) is 102 Å². The number of rotatable bonds is 9. The highest BCUT2D eigenvalue weighted by atomic mass is 16.5. The lowest BCUT2D eigenvalue weighted by Gasteiger charge is -2.28. The summed E-state index contributed by atoms with van der Waals surface area (Å²) in [6, 6.07) is 23.1. The third-order valence-electron chi connectivity index (χ3n) is 12.6. The molecule has 3 aliphatic heterocycles. The van der Waals surface area contributed by atoms with Crippen molar-refractivity contribution >= 4 is 45.8 Å². The predicted octanol–water partition coefficient (Wildman–Crippen LogP) is 8.89. The van der Waals surface area contributed by atoms with E-state index in [9.17, 15) is 19.2 Å². The second kappa shape index (κ2) is 20.9. The highest BCUT2D eigenvalue weighted by Crippen LogP contribution is 2.44. The van der Waals surface area contributed by atoms with E-state index < -0.39 is 18.2 Å². The number of nitrogens with zero attached hydrogens (tertiary/aromatic N) is 4.